The Balaban J connectivity index is 1.20. The third kappa shape index (κ3) is 7.64. The molecule has 12 heteroatoms. The Labute approximate surface area is 258 Å². The lowest BCUT2D eigenvalue weighted by molar-refractivity contribution is 0.0690. The fourth-order valence-corrected chi connectivity index (χ4v) is 5.99. The average Bonchev–Trinajstić information content (AvgIpc) is 3.61. The number of aryl methyl sites for hydroxylation is 2. The highest BCUT2D eigenvalue weighted by molar-refractivity contribution is 7.22. The summed E-state index contributed by atoms with van der Waals surface area (Å²) in [6.07, 6.45) is 1.16. The van der Waals surface area contributed by atoms with Crippen molar-refractivity contribution in [3.63, 3.8) is 0 Å². The van der Waals surface area contributed by atoms with Gasteiger partial charge in [-0.25, -0.2) is 14.8 Å². The molecule has 0 spiro atoms. The number of carboxylic acid groups (broad SMARTS) is 1. The Kier molecular flexibility index (Phi) is 9.46. The highest BCUT2D eigenvalue weighted by Gasteiger charge is 2.21. The van der Waals surface area contributed by atoms with Crippen molar-refractivity contribution < 1.29 is 14.6 Å². The summed E-state index contributed by atoms with van der Waals surface area (Å²) >= 11 is 2.88. The lowest BCUT2D eigenvalue weighted by atomic mass is 10.2. The fraction of sp³-hybridized carbons (Fsp3) is 0.258. The predicted octanol–water partition coefficient (Wildman–Crippen LogP) is 5.99. The number of thiazole rings is 2. The van der Waals surface area contributed by atoms with Crippen LogP contribution in [0.15, 0.2) is 54.6 Å². The third-order valence-electron chi connectivity index (χ3n) is 6.31. The molecular formula is C31H31N7O3S2. The maximum absolute atomic E-state index is 12.0. The Hall–Kier alpha value is -4.57. The number of anilines is 4. The zero-order valence-electron chi connectivity index (χ0n) is 24.3. The molecule has 0 aliphatic rings. The Morgan fingerprint density at radius 2 is 1.84 bits per heavy atom. The van der Waals surface area contributed by atoms with Gasteiger partial charge < -0.3 is 20.1 Å². The Morgan fingerprint density at radius 1 is 1.05 bits per heavy atom. The van der Waals surface area contributed by atoms with Gasteiger partial charge in [0.05, 0.1) is 23.4 Å². The van der Waals surface area contributed by atoms with E-state index in [0.29, 0.717) is 47.6 Å². The first-order valence-electron chi connectivity index (χ1n) is 13.6. The van der Waals surface area contributed by atoms with E-state index in [1.165, 1.54) is 11.3 Å². The zero-order chi connectivity index (χ0) is 30.3. The van der Waals surface area contributed by atoms with E-state index in [0.717, 1.165) is 32.2 Å². The number of hydrogen-bond acceptors (Lipinski definition) is 11. The Morgan fingerprint density at radius 3 is 2.56 bits per heavy atom. The van der Waals surface area contributed by atoms with Crippen molar-refractivity contribution in [3.8, 4) is 17.6 Å². The normalized spacial score (nSPS) is 10.9. The van der Waals surface area contributed by atoms with Gasteiger partial charge in [0.25, 0.3) is 0 Å². The van der Waals surface area contributed by atoms with Crippen molar-refractivity contribution in [3.05, 3.63) is 76.3 Å². The minimum atomic E-state index is -1.06. The van der Waals surface area contributed by atoms with Crippen LogP contribution in [-0.2, 0) is 6.42 Å². The van der Waals surface area contributed by atoms with E-state index < -0.39 is 5.97 Å². The molecule has 10 nitrogen and oxygen atoms in total. The molecule has 0 saturated carbocycles. The standard InChI is InChI=1S/C31H31N7O3S2/c1-20-19-26(35-36-28(20)34-30-32-23-10-5-6-11-24(23)42-30)38(4)31-33-27(29(39)40)25(43-31)12-8-18-41-22-15-13-21(14-16-22)9-7-17-37(2)3/h5-6,10-11,13-16,19H,8,12,17-18H2,1-4H3,(H,39,40)(H,32,34,36). The summed E-state index contributed by atoms with van der Waals surface area (Å²) < 4.78 is 6.96. The van der Waals surface area contributed by atoms with Crippen molar-refractivity contribution in [1.29, 1.82) is 0 Å². The van der Waals surface area contributed by atoms with Gasteiger partial charge in [0.1, 0.15) is 5.75 Å². The molecule has 0 saturated heterocycles. The van der Waals surface area contributed by atoms with Crippen molar-refractivity contribution >= 4 is 60.8 Å². The number of ether oxygens (including phenoxy) is 1. The quantitative estimate of drug-likeness (QED) is 0.136. The number of fused-ring (bicyclic) bond motifs is 1. The molecule has 2 aromatic carbocycles. The van der Waals surface area contributed by atoms with E-state index in [9.17, 15) is 9.90 Å². The maximum Gasteiger partial charge on any atom is 0.355 e. The third-order valence-corrected chi connectivity index (χ3v) is 8.45. The van der Waals surface area contributed by atoms with Crippen LogP contribution >= 0.6 is 22.7 Å². The van der Waals surface area contributed by atoms with E-state index >= 15 is 0 Å². The molecule has 3 heterocycles. The number of rotatable bonds is 11. The lowest BCUT2D eigenvalue weighted by Crippen LogP contribution is -2.13. The van der Waals surface area contributed by atoms with E-state index in [-0.39, 0.29) is 5.69 Å². The number of carbonyl (C=O) groups is 1. The average molecular weight is 614 g/mol. The first-order valence-corrected chi connectivity index (χ1v) is 15.2. The molecule has 0 unspecified atom stereocenters. The smallest absolute Gasteiger partial charge is 0.355 e. The summed E-state index contributed by atoms with van der Waals surface area (Å²) in [6.45, 7) is 3.08. The summed E-state index contributed by atoms with van der Waals surface area (Å²) in [6, 6.07) is 17.5. The molecule has 0 fully saturated rings. The summed E-state index contributed by atoms with van der Waals surface area (Å²) in [5, 5.41) is 23.1. The molecule has 3 aromatic heterocycles. The van der Waals surface area contributed by atoms with Crippen molar-refractivity contribution in [2.45, 2.75) is 19.8 Å². The molecule has 0 atom stereocenters. The lowest BCUT2D eigenvalue weighted by Gasteiger charge is -2.15. The first kappa shape index (κ1) is 29.9. The van der Waals surface area contributed by atoms with Gasteiger partial charge >= 0.3 is 5.97 Å². The van der Waals surface area contributed by atoms with Crippen LogP contribution in [0.1, 0.15) is 32.9 Å². The van der Waals surface area contributed by atoms with Gasteiger partial charge in [-0.15, -0.1) is 21.5 Å². The van der Waals surface area contributed by atoms with Crippen LogP contribution in [0.3, 0.4) is 0 Å². The van der Waals surface area contributed by atoms with E-state index in [1.807, 2.05) is 80.5 Å². The number of nitrogens with zero attached hydrogens (tertiary/aromatic N) is 6. The fourth-order valence-electron chi connectivity index (χ4n) is 4.06. The van der Waals surface area contributed by atoms with Crippen LogP contribution in [0, 0.1) is 18.8 Å². The van der Waals surface area contributed by atoms with Crippen LogP contribution in [0.2, 0.25) is 0 Å². The molecule has 5 aromatic rings. The summed E-state index contributed by atoms with van der Waals surface area (Å²) in [5.41, 5.74) is 2.77. The SMILES string of the molecule is Cc1cc(N(C)c2nc(C(=O)O)c(CCCOc3ccc(C#CCN(C)C)cc3)s2)nnc1Nc1nc2ccccc2s1. The van der Waals surface area contributed by atoms with Crippen LogP contribution in [0.4, 0.5) is 21.9 Å². The molecule has 0 aliphatic carbocycles. The van der Waals surface area contributed by atoms with Crippen molar-refractivity contribution in [2.24, 2.45) is 0 Å². The first-order chi connectivity index (χ1) is 20.8. The van der Waals surface area contributed by atoms with Gasteiger partial charge in [-0.05, 0) is 81.9 Å². The van der Waals surface area contributed by atoms with E-state index in [1.54, 1.807) is 23.3 Å². The molecule has 43 heavy (non-hydrogen) atoms. The highest BCUT2D eigenvalue weighted by atomic mass is 32.1. The number of benzene rings is 2. The highest BCUT2D eigenvalue weighted by Crippen LogP contribution is 2.33. The molecule has 0 bridgehead atoms. The number of aromatic carboxylic acids is 1. The molecule has 0 aliphatic heterocycles. The largest absolute Gasteiger partial charge is 0.494 e. The van der Waals surface area contributed by atoms with Gasteiger partial charge in [0, 0.05) is 17.5 Å². The van der Waals surface area contributed by atoms with Crippen LogP contribution in [-0.4, -0.2) is 70.4 Å². The number of para-hydroxylation sites is 1. The van der Waals surface area contributed by atoms with Gasteiger partial charge in [-0.3, -0.25) is 4.90 Å². The van der Waals surface area contributed by atoms with Gasteiger partial charge in [0.15, 0.2) is 27.6 Å². The second-order valence-corrected chi connectivity index (χ2v) is 12.1. The minimum absolute atomic E-state index is 0.0475. The summed E-state index contributed by atoms with van der Waals surface area (Å²) in [7, 11) is 5.76. The maximum atomic E-state index is 12.0. The number of nitrogens with one attached hydrogen (secondary N) is 1. The number of hydrogen-bond donors (Lipinski definition) is 2. The van der Waals surface area contributed by atoms with Gasteiger partial charge in [-0.2, -0.15) is 0 Å². The topological polar surface area (TPSA) is 117 Å². The Bertz CT molecular complexity index is 1760. The van der Waals surface area contributed by atoms with Crippen molar-refractivity contribution in [2.75, 3.05) is 44.5 Å². The molecule has 2 N–H and O–H groups in total. The molecular weight excluding hydrogens is 583 g/mol. The van der Waals surface area contributed by atoms with Crippen molar-refractivity contribution in [1.82, 2.24) is 25.1 Å². The molecule has 5 rings (SSSR count). The van der Waals surface area contributed by atoms with Gasteiger partial charge in [-0.1, -0.05) is 35.3 Å². The van der Waals surface area contributed by atoms with Crippen LogP contribution < -0.4 is 15.0 Å². The number of carboxylic acids is 1. The number of aromatic nitrogens is 4. The summed E-state index contributed by atoms with van der Waals surface area (Å²) in [5.74, 6) is 7.09. The van der Waals surface area contributed by atoms with Gasteiger partial charge in [0.2, 0.25) is 0 Å². The predicted molar refractivity (Wildman–Crippen MR) is 172 cm³/mol. The van der Waals surface area contributed by atoms with E-state index in [2.05, 4.69) is 37.3 Å². The zero-order valence-corrected chi connectivity index (χ0v) is 25.9. The monoisotopic (exact) mass is 613 g/mol. The van der Waals surface area contributed by atoms with Crippen LogP contribution in [0.5, 0.6) is 5.75 Å². The van der Waals surface area contributed by atoms with E-state index in [4.69, 9.17) is 4.74 Å². The minimum Gasteiger partial charge on any atom is -0.494 e. The second-order valence-electron chi connectivity index (χ2n) is 9.99. The summed E-state index contributed by atoms with van der Waals surface area (Å²) in [4.78, 5) is 25.4. The molecule has 0 radical (unpaired) electrons. The molecule has 220 valence electrons. The molecule has 0 amide bonds. The van der Waals surface area contributed by atoms with Crippen LogP contribution in [0.25, 0.3) is 10.2 Å². The second kappa shape index (κ2) is 13.6.